The third kappa shape index (κ3) is 2.81. The van der Waals surface area contributed by atoms with Gasteiger partial charge >= 0.3 is 0 Å². The minimum Gasteiger partial charge on any atom is -0.481 e. The molecule has 15 heavy (non-hydrogen) atoms. The summed E-state index contributed by atoms with van der Waals surface area (Å²) in [7, 11) is 0. The lowest BCUT2D eigenvalue weighted by atomic mass is 10.2. The van der Waals surface area contributed by atoms with Gasteiger partial charge in [0.05, 0.1) is 0 Å². The Morgan fingerprint density at radius 3 is 2.20 bits per heavy atom. The van der Waals surface area contributed by atoms with Crippen molar-refractivity contribution in [2.24, 2.45) is 0 Å². The molecule has 0 aliphatic carbocycles. The standard InChI is InChI=1S/C13H10FO/c14-12-6-8-13(9-7-12)15-10-11-4-2-1-3-5-11/h1-10H. The summed E-state index contributed by atoms with van der Waals surface area (Å²) in [6.45, 7) is 1.63. The Hall–Kier alpha value is -1.83. The van der Waals surface area contributed by atoms with E-state index in [2.05, 4.69) is 0 Å². The van der Waals surface area contributed by atoms with Crippen LogP contribution in [-0.4, -0.2) is 0 Å². The molecular formula is C13H10FO. The Kier molecular flexibility index (Phi) is 2.98. The summed E-state index contributed by atoms with van der Waals surface area (Å²) in [5, 5.41) is 0. The van der Waals surface area contributed by atoms with Gasteiger partial charge in [-0.2, -0.15) is 0 Å². The van der Waals surface area contributed by atoms with Gasteiger partial charge in [0.2, 0.25) is 0 Å². The highest BCUT2D eigenvalue weighted by Gasteiger charge is 1.96. The van der Waals surface area contributed by atoms with E-state index in [9.17, 15) is 4.39 Å². The number of hydrogen-bond acceptors (Lipinski definition) is 1. The van der Waals surface area contributed by atoms with Crippen LogP contribution in [0.25, 0.3) is 0 Å². The van der Waals surface area contributed by atoms with Gasteiger partial charge in [-0.15, -0.1) is 0 Å². The molecule has 0 atom stereocenters. The van der Waals surface area contributed by atoms with E-state index >= 15 is 0 Å². The zero-order chi connectivity index (χ0) is 10.5. The van der Waals surface area contributed by atoms with Crippen molar-refractivity contribution < 1.29 is 9.13 Å². The Morgan fingerprint density at radius 1 is 0.867 bits per heavy atom. The lowest BCUT2D eigenvalue weighted by Gasteiger charge is -2.04. The third-order valence-corrected chi connectivity index (χ3v) is 1.94. The first-order valence-corrected chi connectivity index (χ1v) is 4.65. The van der Waals surface area contributed by atoms with E-state index in [0.29, 0.717) is 5.75 Å². The fourth-order valence-electron chi connectivity index (χ4n) is 1.18. The molecule has 1 nitrogen and oxygen atoms in total. The molecular weight excluding hydrogens is 191 g/mol. The maximum atomic E-state index is 12.6. The van der Waals surface area contributed by atoms with Crippen LogP contribution in [-0.2, 0) is 0 Å². The molecule has 1 radical (unpaired) electrons. The monoisotopic (exact) mass is 201 g/mol. The van der Waals surface area contributed by atoms with Crippen LogP contribution in [0.1, 0.15) is 5.56 Å². The van der Waals surface area contributed by atoms with Crippen molar-refractivity contribution in [1.29, 1.82) is 0 Å². The van der Waals surface area contributed by atoms with Crippen molar-refractivity contribution in [3.63, 3.8) is 0 Å². The SMILES string of the molecule is Fc1ccc(O[CH]c2ccccc2)cc1. The van der Waals surface area contributed by atoms with Gasteiger partial charge in [0.1, 0.15) is 11.6 Å². The normalized spacial score (nSPS) is 9.93. The van der Waals surface area contributed by atoms with Crippen LogP contribution >= 0.6 is 0 Å². The van der Waals surface area contributed by atoms with Gasteiger partial charge in [-0.3, -0.25) is 0 Å². The van der Waals surface area contributed by atoms with E-state index in [1.807, 2.05) is 30.3 Å². The van der Waals surface area contributed by atoms with Gasteiger partial charge < -0.3 is 4.74 Å². The van der Waals surface area contributed by atoms with E-state index in [1.54, 1.807) is 18.7 Å². The maximum Gasteiger partial charge on any atom is 0.165 e. The zero-order valence-electron chi connectivity index (χ0n) is 8.06. The number of benzene rings is 2. The molecule has 0 unspecified atom stereocenters. The van der Waals surface area contributed by atoms with Crippen LogP contribution in [0.3, 0.4) is 0 Å². The first kappa shape index (κ1) is 9.71. The van der Waals surface area contributed by atoms with Crippen molar-refractivity contribution in [3.8, 4) is 5.75 Å². The third-order valence-electron chi connectivity index (χ3n) is 1.94. The van der Waals surface area contributed by atoms with Crippen LogP contribution in [0.2, 0.25) is 0 Å². The molecule has 0 saturated heterocycles. The molecule has 0 aliphatic rings. The summed E-state index contributed by atoms with van der Waals surface area (Å²) < 4.78 is 17.9. The van der Waals surface area contributed by atoms with Crippen molar-refractivity contribution in [2.75, 3.05) is 0 Å². The highest BCUT2D eigenvalue weighted by Crippen LogP contribution is 2.14. The first-order valence-electron chi connectivity index (χ1n) is 4.65. The summed E-state index contributed by atoms with van der Waals surface area (Å²) in [5.74, 6) is 0.363. The van der Waals surface area contributed by atoms with Gasteiger partial charge in [0.25, 0.3) is 0 Å². The molecule has 2 rings (SSSR count). The molecule has 0 aliphatic heterocycles. The summed E-state index contributed by atoms with van der Waals surface area (Å²) in [6.07, 6.45) is 0. The highest BCUT2D eigenvalue weighted by molar-refractivity contribution is 5.26. The smallest absolute Gasteiger partial charge is 0.165 e. The van der Waals surface area contributed by atoms with E-state index < -0.39 is 0 Å². The number of rotatable bonds is 3. The van der Waals surface area contributed by atoms with E-state index in [1.165, 1.54) is 12.1 Å². The Balaban J connectivity index is 1.96. The molecule has 0 spiro atoms. The van der Waals surface area contributed by atoms with Crippen LogP contribution in [0.5, 0.6) is 5.75 Å². The predicted molar refractivity (Wildman–Crippen MR) is 56.9 cm³/mol. The fraction of sp³-hybridized carbons (Fsp3) is 0. The number of halogens is 1. The van der Waals surface area contributed by atoms with Crippen LogP contribution < -0.4 is 4.74 Å². The zero-order valence-corrected chi connectivity index (χ0v) is 8.06. The molecule has 0 amide bonds. The molecule has 0 heterocycles. The van der Waals surface area contributed by atoms with Crippen LogP contribution in [0.4, 0.5) is 4.39 Å². The highest BCUT2D eigenvalue weighted by atomic mass is 19.1. The van der Waals surface area contributed by atoms with Gasteiger partial charge in [0.15, 0.2) is 6.61 Å². The summed E-state index contributed by atoms with van der Waals surface area (Å²) in [5.41, 5.74) is 0.974. The maximum absolute atomic E-state index is 12.6. The van der Waals surface area contributed by atoms with Crippen LogP contribution in [0.15, 0.2) is 54.6 Å². The topological polar surface area (TPSA) is 9.23 Å². The lowest BCUT2D eigenvalue weighted by Crippen LogP contribution is -1.91. The van der Waals surface area contributed by atoms with E-state index in [4.69, 9.17) is 4.74 Å². The molecule has 0 bridgehead atoms. The molecule has 2 aromatic rings. The second-order valence-electron chi connectivity index (χ2n) is 3.10. The van der Waals surface area contributed by atoms with Crippen molar-refractivity contribution in [1.82, 2.24) is 0 Å². The molecule has 2 aromatic carbocycles. The largest absolute Gasteiger partial charge is 0.481 e. The lowest BCUT2D eigenvalue weighted by molar-refractivity contribution is 0.427. The van der Waals surface area contributed by atoms with Crippen molar-refractivity contribution in [2.45, 2.75) is 0 Å². The molecule has 75 valence electrons. The van der Waals surface area contributed by atoms with Crippen molar-refractivity contribution >= 4 is 0 Å². The predicted octanol–water partition coefficient (Wildman–Crippen LogP) is 3.41. The Morgan fingerprint density at radius 2 is 1.53 bits per heavy atom. The molecule has 0 N–H and O–H groups in total. The summed E-state index contributed by atoms with van der Waals surface area (Å²) >= 11 is 0. The average molecular weight is 201 g/mol. The summed E-state index contributed by atoms with van der Waals surface area (Å²) in [6, 6.07) is 15.6. The quantitative estimate of drug-likeness (QED) is 0.739. The van der Waals surface area contributed by atoms with E-state index in [-0.39, 0.29) is 5.82 Å². The second kappa shape index (κ2) is 4.60. The average Bonchev–Trinajstić information content (AvgIpc) is 2.30. The van der Waals surface area contributed by atoms with Gasteiger partial charge in [-0.05, 0) is 29.8 Å². The van der Waals surface area contributed by atoms with Crippen LogP contribution in [0, 0.1) is 12.4 Å². The molecule has 0 aromatic heterocycles. The second-order valence-corrected chi connectivity index (χ2v) is 3.10. The van der Waals surface area contributed by atoms with Crippen molar-refractivity contribution in [3.05, 3.63) is 72.6 Å². The number of ether oxygens (including phenoxy) is 1. The molecule has 0 saturated carbocycles. The Labute approximate surface area is 88.1 Å². The van der Waals surface area contributed by atoms with Gasteiger partial charge in [0, 0.05) is 0 Å². The first-order chi connectivity index (χ1) is 7.34. The minimum absolute atomic E-state index is 0.262. The molecule has 2 heteroatoms. The summed E-state index contributed by atoms with van der Waals surface area (Å²) in [4.78, 5) is 0. The molecule has 0 fully saturated rings. The van der Waals surface area contributed by atoms with Gasteiger partial charge in [-0.25, -0.2) is 4.39 Å². The number of hydrogen-bond donors (Lipinski definition) is 0. The van der Waals surface area contributed by atoms with Gasteiger partial charge in [-0.1, -0.05) is 30.3 Å². The fourth-order valence-corrected chi connectivity index (χ4v) is 1.18. The Bertz CT molecular complexity index is 408. The van der Waals surface area contributed by atoms with E-state index in [0.717, 1.165) is 5.56 Å². The minimum atomic E-state index is -0.262.